The van der Waals surface area contributed by atoms with Crippen LogP contribution >= 0.6 is 0 Å². The molecule has 0 aliphatic heterocycles. The van der Waals surface area contributed by atoms with Crippen molar-refractivity contribution in [1.82, 2.24) is 0 Å². The van der Waals surface area contributed by atoms with Gasteiger partial charge in [-0.05, 0) is 30.5 Å². The molecule has 0 N–H and O–H groups in total. The van der Waals surface area contributed by atoms with E-state index in [9.17, 15) is 4.79 Å². The molecule has 1 nitrogen and oxygen atoms in total. The molecular formula is C17H16O. The van der Waals surface area contributed by atoms with Gasteiger partial charge in [0.2, 0.25) is 0 Å². The summed E-state index contributed by atoms with van der Waals surface area (Å²) in [7, 11) is 0. The van der Waals surface area contributed by atoms with Crippen LogP contribution in [0.3, 0.4) is 0 Å². The maximum absolute atomic E-state index is 12.7. The van der Waals surface area contributed by atoms with Crippen molar-refractivity contribution in [1.29, 1.82) is 0 Å². The van der Waals surface area contributed by atoms with E-state index in [1.165, 1.54) is 11.1 Å². The lowest BCUT2D eigenvalue weighted by Gasteiger charge is -2.17. The van der Waals surface area contributed by atoms with Gasteiger partial charge in [-0.3, -0.25) is 4.79 Å². The Morgan fingerprint density at radius 2 is 1.50 bits per heavy atom. The van der Waals surface area contributed by atoms with Gasteiger partial charge in [0.25, 0.3) is 0 Å². The van der Waals surface area contributed by atoms with Gasteiger partial charge in [0.15, 0.2) is 5.78 Å². The predicted molar refractivity (Wildman–Crippen MR) is 72.8 cm³/mol. The first-order valence-electron chi connectivity index (χ1n) is 6.31. The van der Waals surface area contributed by atoms with E-state index < -0.39 is 0 Å². The van der Waals surface area contributed by atoms with Crippen molar-refractivity contribution in [2.75, 3.05) is 0 Å². The number of ketones is 1. The summed E-state index contributed by atoms with van der Waals surface area (Å²) in [4.78, 5) is 12.7. The molecule has 0 radical (unpaired) electrons. The third kappa shape index (κ3) is 1.43. The predicted octanol–water partition coefficient (Wildman–Crippen LogP) is 3.68. The molecule has 0 spiro atoms. The zero-order valence-corrected chi connectivity index (χ0v) is 10.7. The van der Waals surface area contributed by atoms with Crippen LogP contribution in [0.25, 0.3) is 0 Å². The quantitative estimate of drug-likeness (QED) is 0.738. The van der Waals surface area contributed by atoms with Crippen LogP contribution in [0.2, 0.25) is 0 Å². The number of carbonyl (C=O) groups is 1. The molecule has 1 aliphatic carbocycles. The summed E-state index contributed by atoms with van der Waals surface area (Å²) < 4.78 is 0. The number of fused-ring (bicyclic) bond motifs is 1. The van der Waals surface area contributed by atoms with Crippen LogP contribution in [0.15, 0.2) is 54.6 Å². The van der Waals surface area contributed by atoms with Gasteiger partial charge in [-0.2, -0.15) is 0 Å². The molecule has 0 saturated heterocycles. The van der Waals surface area contributed by atoms with E-state index >= 15 is 0 Å². The minimum Gasteiger partial charge on any atom is -0.298 e. The average Bonchev–Trinajstić information content (AvgIpc) is 2.60. The van der Waals surface area contributed by atoms with E-state index in [0.717, 1.165) is 5.56 Å². The van der Waals surface area contributed by atoms with Crippen molar-refractivity contribution in [2.45, 2.75) is 25.2 Å². The maximum Gasteiger partial charge on any atom is 0.154 e. The molecule has 2 aromatic rings. The maximum atomic E-state index is 12.7. The fraction of sp³-hybridized carbons (Fsp3) is 0.235. The summed E-state index contributed by atoms with van der Waals surface area (Å²) in [6.45, 7) is 4.05. The van der Waals surface area contributed by atoms with E-state index in [1.54, 1.807) is 0 Å². The number of Topliss-reactive ketones (excluding diaryl/α,β-unsaturated/α-hetero) is 1. The highest BCUT2D eigenvalue weighted by Gasteiger charge is 2.45. The Kier molecular flexibility index (Phi) is 2.37. The number of rotatable bonds is 1. The van der Waals surface area contributed by atoms with Crippen LogP contribution in [0.4, 0.5) is 0 Å². The van der Waals surface area contributed by atoms with E-state index in [4.69, 9.17) is 0 Å². The van der Waals surface area contributed by atoms with Gasteiger partial charge in [-0.15, -0.1) is 0 Å². The standard InChI is InChI=1S/C17H16O/c1-17(2)14-11-7-6-10-13(14)15(16(17)18)12-8-4-3-5-9-12/h3-11,15H,1-2H3/t15-/m1/s1. The van der Waals surface area contributed by atoms with E-state index in [-0.39, 0.29) is 11.3 Å². The van der Waals surface area contributed by atoms with E-state index in [1.807, 2.05) is 56.3 Å². The largest absolute Gasteiger partial charge is 0.298 e. The molecule has 1 atom stereocenters. The summed E-state index contributed by atoms with van der Waals surface area (Å²) >= 11 is 0. The van der Waals surface area contributed by atoms with Gasteiger partial charge in [0, 0.05) is 5.41 Å². The van der Waals surface area contributed by atoms with E-state index in [2.05, 4.69) is 12.1 Å². The second-order valence-electron chi connectivity index (χ2n) is 5.42. The number of carbonyl (C=O) groups excluding carboxylic acids is 1. The third-order valence-corrected chi connectivity index (χ3v) is 3.96. The summed E-state index contributed by atoms with van der Waals surface area (Å²) in [5.74, 6) is 0.201. The number of benzene rings is 2. The summed E-state index contributed by atoms with van der Waals surface area (Å²) in [5, 5.41) is 0. The lowest BCUT2D eigenvalue weighted by Crippen LogP contribution is -2.26. The van der Waals surface area contributed by atoms with E-state index in [0.29, 0.717) is 5.78 Å². The minimum atomic E-state index is -0.378. The molecule has 18 heavy (non-hydrogen) atoms. The molecule has 0 saturated carbocycles. The van der Waals surface area contributed by atoms with Gasteiger partial charge in [-0.1, -0.05) is 54.6 Å². The van der Waals surface area contributed by atoms with Crippen molar-refractivity contribution in [2.24, 2.45) is 0 Å². The SMILES string of the molecule is CC1(C)C(=O)[C@H](c2ccccc2)c2ccccc21. The molecule has 3 rings (SSSR count). The number of hydrogen-bond acceptors (Lipinski definition) is 1. The molecule has 0 fully saturated rings. The molecule has 2 aromatic carbocycles. The zero-order chi connectivity index (χ0) is 12.8. The molecule has 0 aromatic heterocycles. The minimum absolute atomic E-state index is 0.0996. The van der Waals surface area contributed by atoms with Crippen molar-refractivity contribution in [3.05, 3.63) is 71.3 Å². The molecule has 0 bridgehead atoms. The molecule has 1 heteroatoms. The normalized spacial score (nSPS) is 20.8. The van der Waals surface area contributed by atoms with Gasteiger partial charge in [0.1, 0.15) is 0 Å². The number of hydrogen-bond donors (Lipinski definition) is 0. The molecule has 0 heterocycles. The molecular weight excluding hydrogens is 220 g/mol. The Balaban J connectivity index is 2.21. The smallest absolute Gasteiger partial charge is 0.154 e. The second kappa shape index (κ2) is 3.81. The molecule has 90 valence electrons. The Labute approximate surface area is 107 Å². The average molecular weight is 236 g/mol. The van der Waals surface area contributed by atoms with Gasteiger partial charge in [-0.25, -0.2) is 0 Å². The summed E-state index contributed by atoms with van der Waals surface area (Å²) in [6, 6.07) is 18.3. The van der Waals surface area contributed by atoms with Crippen molar-refractivity contribution >= 4 is 5.78 Å². The monoisotopic (exact) mass is 236 g/mol. The Hall–Kier alpha value is -1.89. The third-order valence-electron chi connectivity index (χ3n) is 3.96. The Bertz CT molecular complexity index is 596. The zero-order valence-electron chi connectivity index (χ0n) is 10.7. The highest BCUT2D eigenvalue weighted by Crippen LogP contribution is 2.45. The first-order chi connectivity index (χ1) is 8.62. The first-order valence-corrected chi connectivity index (χ1v) is 6.31. The second-order valence-corrected chi connectivity index (χ2v) is 5.42. The fourth-order valence-electron chi connectivity index (χ4n) is 2.93. The lowest BCUT2D eigenvalue weighted by atomic mass is 9.83. The van der Waals surface area contributed by atoms with Crippen LogP contribution in [-0.4, -0.2) is 5.78 Å². The van der Waals surface area contributed by atoms with Gasteiger partial charge < -0.3 is 0 Å². The van der Waals surface area contributed by atoms with Crippen LogP contribution in [0, 0.1) is 0 Å². The molecule has 0 amide bonds. The summed E-state index contributed by atoms with van der Waals surface area (Å²) in [5.41, 5.74) is 3.06. The van der Waals surface area contributed by atoms with Gasteiger partial charge in [0.05, 0.1) is 5.92 Å². The highest BCUT2D eigenvalue weighted by molar-refractivity contribution is 6.02. The highest BCUT2D eigenvalue weighted by atomic mass is 16.1. The van der Waals surface area contributed by atoms with Crippen LogP contribution < -0.4 is 0 Å². The lowest BCUT2D eigenvalue weighted by molar-refractivity contribution is -0.122. The Morgan fingerprint density at radius 1 is 0.889 bits per heavy atom. The van der Waals surface area contributed by atoms with Gasteiger partial charge >= 0.3 is 0 Å². The van der Waals surface area contributed by atoms with Crippen molar-refractivity contribution < 1.29 is 4.79 Å². The van der Waals surface area contributed by atoms with Crippen molar-refractivity contribution in [3.63, 3.8) is 0 Å². The molecule has 0 unspecified atom stereocenters. The van der Waals surface area contributed by atoms with Crippen LogP contribution in [0.1, 0.15) is 36.5 Å². The molecule has 1 aliphatic rings. The fourth-order valence-corrected chi connectivity index (χ4v) is 2.93. The van der Waals surface area contributed by atoms with Crippen LogP contribution in [0.5, 0.6) is 0 Å². The van der Waals surface area contributed by atoms with Crippen molar-refractivity contribution in [3.8, 4) is 0 Å². The topological polar surface area (TPSA) is 17.1 Å². The van der Waals surface area contributed by atoms with Crippen LogP contribution in [-0.2, 0) is 10.2 Å². The first kappa shape index (κ1) is 11.2. The summed E-state index contributed by atoms with van der Waals surface area (Å²) in [6.07, 6.45) is 0. The Morgan fingerprint density at radius 3 is 2.22 bits per heavy atom.